The van der Waals surface area contributed by atoms with E-state index in [9.17, 15) is 16.8 Å². The fourth-order valence-electron chi connectivity index (χ4n) is 3.69. The van der Waals surface area contributed by atoms with E-state index in [-0.39, 0.29) is 36.0 Å². The molecule has 1 aliphatic heterocycles. The molecule has 1 aliphatic rings. The van der Waals surface area contributed by atoms with Gasteiger partial charge in [-0.05, 0) is 80.6 Å². The van der Waals surface area contributed by atoms with Crippen LogP contribution in [-0.4, -0.2) is 51.6 Å². The summed E-state index contributed by atoms with van der Waals surface area (Å²) < 4.78 is 55.9. The van der Waals surface area contributed by atoms with E-state index in [1.54, 1.807) is 52.0 Å². The summed E-state index contributed by atoms with van der Waals surface area (Å²) in [6, 6.07) is 6.44. The second kappa shape index (κ2) is 9.00. The fourth-order valence-corrected chi connectivity index (χ4v) is 7.65. The van der Waals surface area contributed by atoms with Crippen molar-refractivity contribution in [3.8, 4) is 0 Å². The van der Waals surface area contributed by atoms with E-state index in [0.29, 0.717) is 38.7 Å². The molecule has 1 fully saturated rings. The largest absolute Gasteiger partial charge is 0.243 e. The lowest BCUT2D eigenvalue weighted by molar-refractivity contribution is 0.404. The normalized spacial score (nSPS) is 17.0. The molecule has 1 heterocycles. The third-order valence-corrected chi connectivity index (χ3v) is 10.5. The Labute approximate surface area is 194 Å². The number of nitrogens with zero attached hydrogens (tertiary/aromatic N) is 2. The van der Waals surface area contributed by atoms with Gasteiger partial charge in [-0.1, -0.05) is 23.2 Å². The van der Waals surface area contributed by atoms with Gasteiger partial charge in [-0.15, -0.1) is 0 Å². The SMILES string of the molecule is Cc1cc(S(=O)(=O)N2CCCN(S(=O)(=O)c3cc(C)c(Cl)cc3C)CC2)c(C)cc1Cl. The quantitative estimate of drug-likeness (QED) is 0.621. The molecule has 0 radical (unpaired) electrons. The summed E-state index contributed by atoms with van der Waals surface area (Å²) in [5.74, 6) is 0. The van der Waals surface area contributed by atoms with Gasteiger partial charge in [0.05, 0.1) is 9.79 Å². The highest BCUT2D eigenvalue weighted by Gasteiger charge is 2.33. The molecule has 0 bridgehead atoms. The zero-order valence-corrected chi connectivity index (χ0v) is 21.1. The van der Waals surface area contributed by atoms with Gasteiger partial charge in [-0.2, -0.15) is 8.61 Å². The molecule has 2 aromatic rings. The maximum absolute atomic E-state index is 13.3. The summed E-state index contributed by atoms with van der Waals surface area (Å²) in [5.41, 5.74) is 2.49. The minimum Gasteiger partial charge on any atom is -0.207 e. The number of sulfonamides is 2. The van der Waals surface area contributed by atoms with Gasteiger partial charge in [-0.3, -0.25) is 0 Å². The van der Waals surface area contributed by atoms with E-state index in [0.717, 1.165) is 0 Å². The predicted molar refractivity (Wildman–Crippen MR) is 124 cm³/mol. The van der Waals surface area contributed by atoms with Crippen LogP contribution < -0.4 is 0 Å². The predicted octanol–water partition coefficient (Wildman–Crippen LogP) is 4.31. The van der Waals surface area contributed by atoms with Crippen LogP contribution in [0.5, 0.6) is 0 Å². The third kappa shape index (κ3) is 4.79. The average Bonchev–Trinajstić information content (AvgIpc) is 2.94. The first-order valence-electron chi connectivity index (χ1n) is 9.89. The second-order valence-corrected chi connectivity index (χ2v) is 12.5. The van der Waals surface area contributed by atoms with E-state index < -0.39 is 20.0 Å². The van der Waals surface area contributed by atoms with Gasteiger partial charge in [0.2, 0.25) is 20.0 Å². The van der Waals surface area contributed by atoms with Gasteiger partial charge in [0.1, 0.15) is 0 Å². The maximum atomic E-state index is 13.3. The van der Waals surface area contributed by atoms with E-state index in [2.05, 4.69) is 0 Å². The van der Waals surface area contributed by atoms with Crippen molar-refractivity contribution in [1.29, 1.82) is 0 Å². The van der Waals surface area contributed by atoms with Crippen LogP contribution >= 0.6 is 23.2 Å². The maximum Gasteiger partial charge on any atom is 0.243 e. The van der Waals surface area contributed by atoms with Crippen LogP contribution in [-0.2, 0) is 20.0 Å². The minimum atomic E-state index is -3.77. The Balaban J connectivity index is 1.88. The molecule has 6 nitrogen and oxygen atoms in total. The number of aryl methyl sites for hydroxylation is 4. The van der Waals surface area contributed by atoms with Crippen molar-refractivity contribution < 1.29 is 16.8 Å². The van der Waals surface area contributed by atoms with Gasteiger partial charge >= 0.3 is 0 Å². The number of rotatable bonds is 4. The summed E-state index contributed by atoms with van der Waals surface area (Å²) in [5, 5.41) is 1.02. The van der Waals surface area contributed by atoms with Crippen LogP contribution in [0.25, 0.3) is 0 Å². The van der Waals surface area contributed by atoms with Crippen LogP contribution in [0.3, 0.4) is 0 Å². The molecule has 170 valence electrons. The average molecular weight is 505 g/mol. The molecule has 3 rings (SSSR count). The molecule has 31 heavy (non-hydrogen) atoms. The number of halogens is 2. The van der Waals surface area contributed by atoms with Gasteiger partial charge in [-0.25, -0.2) is 16.8 Å². The van der Waals surface area contributed by atoms with Crippen LogP contribution in [0.15, 0.2) is 34.1 Å². The molecule has 1 saturated heterocycles. The summed E-state index contributed by atoms with van der Waals surface area (Å²) >= 11 is 12.2. The Morgan fingerprint density at radius 2 is 0.968 bits per heavy atom. The molecule has 0 spiro atoms. The molecular formula is C21H26Cl2N2O4S2. The highest BCUT2D eigenvalue weighted by molar-refractivity contribution is 7.89. The lowest BCUT2D eigenvalue weighted by Gasteiger charge is -2.23. The standard InChI is InChI=1S/C21H26Cl2N2O4S2/c1-14-12-20(16(3)10-18(14)22)30(26,27)24-6-5-7-25(9-8-24)31(28,29)21-13-15(2)19(23)11-17(21)4/h10-13H,5-9H2,1-4H3. The van der Waals surface area contributed by atoms with Crippen molar-refractivity contribution in [1.82, 2.24) is 8.61 Å². The molecule has 0 aromatic heterocycles. The van der Waals surface area contributed by atoms with Crippen molar-refractivity contribution in [2.75, 3.05) is 26.2 Å². The van der Waals surface area contributed by atoms with Crippen molar-refractivity contribution in [2.24, 2.45) is 0 Å². The Morgan fingerprint density at radius 1 is 0.613 bits per heavy atom. The van der Waals surface area contributed by atoms with Gasteiger partial charge in [0.25, 0.3) is 0 Å². The van der Waals surface area contributed by atoms with Crippen molar-refractivity contribution >= 4 is 43.2 Å². The van der Waals surface area contributed by atoms with Crippen LogP contribution in [0.4, 0.5) is 0 Å². The molecule has 0 N–H and O–H groups in total. The first kappa shape index (κ1) is 24.5. The fraction of sp³-hybridized carbons (Fsp3) is 0.429. The topological polar surface area (TPSA) is 74.8 Å². The Bertz CT molecular complexity index is 1130. The molecule has 10 heteroatoms. The van der Waals surface area contributed by atoms with Crippen molar-refractivity contribution in [2.45, 2.75) is 43.9 Å². The van der Waals surface area contributed by atoms with E-state index in [1.807, 2.05) is 0 Å². The van der Waals surface area contributed by atoms with Crippen LogP contribution in [0.1, 0.15) is 28.7 Å². The highest BCUT2D eigenvalue weighted by atomic mass is 35.5. The monoisotopic (exact) mass is 504 g/mol. The van der Waals surface area contributed by atoms with E-state index in [4.69, 9.17) is 23.2 Å². The lowest BCUT2D eigenvalue weighted by Crippen LogP contribution is -2.37. The Hall–Kier alpha value is -1.16. The number of hydrogen-bond acceptors (Lipinski definition) is 4. The molecular weight excluding hydrogens is 479 g/mol. The van der Waals surface area contributed by atoms with Crippen molar-refractivity contribution in [3.05, 3.63) is 56.6 Å². The first-order valence-corrected chi connectivity index (χ1v) is 13.5. The minimum absolute atomic E-state index is 0.0777. The van der Waals surface area contributed by atoms with Gasteiger partial charge < -0.3 is 0 Å². The van der Waals surface area contributed by atoms with E-state index >= 15 is 0 Å². The summed E-state index contributed by atoms with van der Waals surface area (Å²) in [6.07, 6.45) is 0.399. The smallest absolute Gasteiger partial charge is 0.207 e. The number of hydrogen-bond donors (Lipinski definition) is 0. The van der Waals surface area contributed by atoms with Gasteiger partial charge in [0.15, 0.2) is 0 Å². The zero-order chi connectivity index (χ0) is 23.1. The molecule has 0 unspecified atom stereocenters. The highest BCUT2D eigenvalue weighted by Crippen LogP contribution is 2.29. The summed E-state index contributed by atoms with van der Waals surface area (Å²) in [6.45, 7) is 7.57. The van der Waals surface area contributed by atoms with Crippen LogP contribution in [0.2, 0.25) is 10.0 Å². The third-order valence-electron chi connectivity index (χ3n) is 5.56. The molecule has 0 amide bonds. The molecule has 0 aliphatic carbocycles. The van der Waals surface area contributed by atoms with Crippen molar-refractivity contribution in [3.63, 3.8) is 0 Å². The van der Waals surface area contributed by atoms with Crippen LogP contribution in [0, 0.1) is 27.7 Å². The second-order valence-electron chi connectivity index (χ2n) is 7.90. The first-order chi connectivity index (χ1) is 14.4. The zero-order valence-electron chi connectivity index (χ0n) is 17.9. The summed E-state index contributed by atoms with van der Waals surface area (Å²) in [4.78, 5) is 0.407. The molecule has 0 saturated carbocycles. The van der Waals surface area contributed by atoms with Gasteiger partial charge in [0, 0.05) is 36.2 Å². The lowest BCUT2D eigenvalue weighted by atomic mass is 10.2. The summed E-state index contributed by atoms with van der Waals surface area (Å²) in [7, 11) is -7.55. The molecule has 0 atom stereocenters. The van der Waals surface area contributed by atoms with E-state index in [1.165, 1.54) is 8.61 Å². The Kier molecular flexibility index (Phi) is 7.11. The molecule has 2 aromatic carbocycles. The Morgan fingerprint density at radius 3 is 1.32 bits per heavy atom. The number of benzene rings is 2.